The zero-order valence-corrected chi connectivity index (χ0v) is 13.2. The molecule has 116 valence electrons. The largest absolute Gasteiger partial charge is 0.309 e. The van der Waals surface area contributed by atoms with Crippen LogP contribution in [0.5, 0.6) is 0 Å². The van der Waals surface area contributed by atoms with Gasteiger partial charge in [0.05, 0.1) is 5.75 Å². The number of hydrogen-bond donors (Lipinski definition) is 0. The second kappa shape index (κ2) is 7.40. The van der Waals surface area contributed by atoms with Crippen molar-refractivity contribution in [2.45, 2.75) is 24.8 Å². The zero-order chi connectivity index (χ0) is 16.1. The van der Waals surface area contributed by atoms with Crippen LogP contribution in [0.1, 0.15) is 13.8 Å². The smallest absolute Gasteiger partial charge is 0.237 e. The van der Waals surface area contributed by atoms with E-state index >= 15 is 0 Å². The Kier molecular flexibility index (Phi) is 5.55. The Labute approximate surface area is 133 Å². The van der Waals surface area contributed by atoms with Crippen molar-refractivity contribution in [3.63, 3.8) is 0 Å². The number of thioether (sulfide) groups is 1. The van der Waals surface area contributed by atoms with Gasteiger partial charge in [0, 0.05) is 16.6 Å². The van der Waals surface area contributed by atoms with Crippen molar-refractivity contribution in [3.8, 4) is 0 Å². The van der Waals surface area contributed by atoms with Crippen LogP contribution in [0.4, 0.5) is 14.5 Å². The van der Waals surface area contributed by atoms with E-state index in [1.165, 1.54) is 17.8 Å². The van der Waals surface area contributed by atoms with Crippen LogP contribution in [-0.2, 0) is 4.79 Å². The number of anilines is 1. The van der Waals surface area contributed by atoms with Crippen molar-refractivity contribution in [1.82, 2.24) is 0 Å². The molecule has 2 nitrogen and oxygen atoms in total. The monoisotopic (exact) mass is 321 g/mol. The number of hydrogen-bond acceptors (Lipinski definition) is 2. The minimum absolute atomic E-state index is 0.0143. The van der Waals surface area contributed by atoms with Gasteiger partial charge in [-0.2, -0.15) is 0 Å². The summed E-state index contributed by atoms with van der Waals surface area (Å²) in [5.41, 5.74) is 0.827. The van der Waals surface area contributed by atoms with Gasteiger partial charge >= 0.3 is 0 Å². The fraction of sp³-hybridized carbons (Fsp3) is 0.235. The van der Waals surface area contributed by atoms with E-state index in [1.54, 1.807) is 4.90 Å². The summed E-state index contributed by atoms with van der Waals surface area (Å²) in [5.74, 6) is -1.70. The highest BCUT2D eigenvalue weighted by Gasteiger charge is 2.19. The Morgan fingerprint density at radius 3 is 2.36 bits per heavy atom. The third-order valence-electron chi connectivity index (χ3n) is 3.07. The lowest BCUT2D eigenvalue weighted by molar-refractivity contribution is -0.116. The molecule has 0 spiro atoms. The summed E-state index contributed by atoms with van der Waals surface area (Å²) in [5, 5.41) is 0. The highest BCUT2D eigenvalue weighted by atomic mass is 32.2. The third-order valence-corrected chi connectivity index (χ3v) is 4.05. The van der Waals surface area contributed by atoms with Crippen molar-refractivity contribution < 1.29 is 13.6 Å². The van der Waals surface area contributed by atoms with Gasteiger partial charge in [-0.25, -0.2) is 8.78 Å². The van der Waals surface area contributed by atoms with E-state index in [4.69, 9.17) is 0 Å². The molecule has 2 rings (SSSR count). The zero-order valence-electron chi connectivity index (χ0n) is 12.4. The summed E-state index contributed by atoms with van der Waals surface area (Å²) in [6.07, 6.45) is 0. The molecule has 0 saturated carbocycles. The number of benzene rings is 2. The first kappa shape index (κ1) is 16.5. The Bertz CT molecular complexity index is 646. The predicted octanol–water partition coefficient (Wildman–Crippen LogP) is 4.50. The molecule has 1 amide bonds. The lowest BCUT2D eigenvalue weighted by Gasteiger charge is -2.26. The highest BCUT2D eigenvalue weighted by Crippen LogP contribution is 2.23. The Morgan fingerprint density at radius 2 is 1.77 bits per heavy atom. The summed E-state index contributed by atoms with van der Waals surface area (Å²) in [7, 11) is 0. The van der Waals surface area contributed by atoms with Gasteiger partial charge in [0.15, 0.2) is 11.6 Å². The van der Waals surface area contributed by atoms with E-state index in [9.17, 15) is 13.6 Å². The average Bonchev–Trinajstić information content (AvgIpc) is 2.49. The Balaban J connectivity index is 2.07. The van der Waals surface area contributed by atoms with Gasteiger partial charge in [-0.15, -0.1) is 11.8 Å². The van der Waals surface area contributed by atoms with Crippen LogP contribution >= 0.6 is 11.8 Å². The van der Waals surface area contributed by atoms with Crippen LogP contribution in [-0.4, -0.2) is 17.7 Å². The summed E-state index contributed by atoms with van der Waals surface area (Å²) in [4.78, 5) is 14.7. The van der Waals surface area contributed by atoms with E-state index in [2.05, 4.69) is 0 Å². The molecule has 0 fully saturated rings. The van der Waals surface area contributed by atoms with Gasteiger partial charge < -0.3 is 4.90 Å². The van der Waals surface area contributed by atoms with Gasteiger partial charge in [-0.1, -0.05) is 18.2 Å². The van der Waals surface area contributed by atoms with E-state index < -0.39 is 11.6 Å². The van der Waals surface area contributed by atoms with Crippen LogP contribution in [0.2, 0.25) is 0 Å². The Hall–Kier alpha value is -1.88. The first-order valence-corrected chi connectivity index (χ1v) is 7.92. The molecule has 0 radical (unpaired) electrons. The van der Waals surface area contributed by atoms with Gasteiger partial charge in [-0.3, -0.25) is 4.79 Å². The van der Waals surface area contributed by atoms with Crippen LogP contribution in [0.15, 0.2) is 53.4 Å². The predicted molar refractivity (Wildman–Crippen MR) is 86.1 cm³/mol. The standard InChI is InChI=1S/C17H17F2NOS/c1-12(2)20(13-6-4-3-5-7-13)17(21)11-22-14-8-9-15(18)16(19)10-14/h3-10,12H,11H2,1-2H3. The normalized spacial score (nSPS) is 10.8. The maximum absolute atomic E-state index is 13.2. The number of para-hydroxylation sites is 1. The lowest BCUT2D eigenvalue weighted by atomic mass is 10.2. The second-order valence-electron chi connectivity index (χ2n) is 5.06. The van der Waals surface area contributed by atoms with E-state index in [0.29, 0.717) is 4.90 Å². The van der Waals surface area contributed by atoms with Crippen LogP contribution in [0, 0.1) is 11.6 Å². The number of amides is 1. The topological polar surface area (TPSA) is 20.3 Å². The third kappa shape index (κ3) is 4.07. The van der Waals surface area contributed by atoms with Crippen molar-refractivity contribution in [2.75, 3.05) is 10.7 Å². The van der Waals surface area contributed by atoms with Crippen molar-refractivity contribution in [2.24, 2.45) is 0 Å². The van der Waals surface area contributed by atoms with Crippen LogP contribution in [0.25, 0.3) is 0 Å². The molecule has 0 N–H and O–H groups in total. The Morgan fingerprint density at radius 1 is 1.09 bits per heavy atom. The molecule has 0 unspecified atom stereocenters. The SMILES string of the molecule is CC(C)N(C(=O)CSc1ccc(F)c(F)c1)c1ccccc1. The number of halogens is 2. The van der Waals surface area contributed by atoms with Crippen LogP contribution in [0.3, 0.4) is 0 Å². The molecule has 0 heterocycles. The molecular weight excluding hydrogens is 304 g/mol. The first-order chi connectivity index (χ1) is 10.5. The maximum Gasteiger partial charge on any atom is 0.237 e. The summed E-state index contributed by atoms with van der Waals surface area (Å²) >= 11 is 1.19. The average molecular weight is 321 g/mol. The summed E-state index contributed by atoms with van der Waals surface area (Å²) in [6, 6.07) is 13.1. The van der Waals surface area contributed by atoms with Crippen molar-refractivity contribution >= 4 is 23.4 Å². The molecule has 0 aromatic heterocycles. The quantitative estimate of drug-likeness (QED) is 0.756. The molecule has 2 aromatic rings. The van der Waals surface area contributed by atoms with E-state index in [-0.39, 0.29) is 17.7 Å². The molecule has 0 bridgehead atoms. The van der Waals surface area contributed by atoms with Crippen molar-refractivity contribution in [3.05, 3.63) is 60.2 Å². The molecular formula is C17H17F2NOS. The number of carbonyl (C=O) groups excluding carboxylic acids is 1. The second-order valence-corrected chi connectivity index (χ2v) is 6.11. The molecule has 2 aromatic carbocycles. The maximum atomic E-state index is 13.2. The van der Waals surface area contributed by atoms with Gasteiger partial charge in [-0.05, 0) is 44.2 Å². The molecule has 5 heteroatoms. The fourth-order valence-electron chi connectivity index (χ4n) is 2.10. The molecule has 0 aliphatic rings. The van der Waals surface area contributed by atoms with E-state index in [1.807, 2.05) is 44.2 Å². The van der Waals surface area contributed by atoms with Gasteiger partial charge in [0.2, 0.25) is 5.91 Å². The summed E-state index contributed by atoms with van der Waals surface area (Å²) < 4.78 is 26.1. The molecule has 0 atom stereocenters. The molecule has 0 aliphatic heterocycles. The molecule has 0 saturated heterocycles. The van der Waals surface area contributed by atoms with Gasteiger partial charge in [0.1, 0.15) is 0 Å². The van der Waals surface area contributed by atoms with Crippen molar-refractivity contribution in [1.29, 1.82) is 0 Å². The summed E-state index contributed by atoms with van der Waals surface area (Å²) in [6.45, 7) is 3.88. The van der Waals surface area contributed by atoms with E-state index in [0.717, 1.165) is 17.8 Å². The number of nitrogens with zero attached hydrogens (tertiary/aromatic N) is 1. The fourth-order valence-corrected chi connectivity index (χ4v) is 2.88. The minimum atomic E-state index is -0.902. The molecule has 22 heavy (non-hydrogen) atoms. The lowest BCUT2D eigenvalue weighted by Crippen LogP contribution is -2.38. The number of rotatable bonds is 5. The van der Waals surface area contributed by atoms with Gasteiger partial charge in [0.25, 0.3) is 0 Å². The molecule has 0 aliphatic carbocycles. The van der Waals surface area contributed by atoms with Crippen LogP contribution < -0.4 is 4.90 Å². The number of carbonyl (C=O) groups is 1. The highest BCUT2D eigenvalue weighted by molar-refractivity contribution is 8.00. The minimum Gasteiger partial charge on any atom is -0.309 e. The first-order valence-electron chi connectivity index (χ1n) is 6.94.